The zero-order valence-corrected chi connectivity index (χ0v) is 12.6. The van der Waals surface area contributed by atoms with Gasteiger partial charge in [-0.1, -0.05) is 45.9 Å². The van der Waals surface area contributed by atoms with Gasteiger partial charge in [0.2, 0.25) is 0 Å². The highest BCUT2D eigenvalue weighted by atomic mass is 15.1. The van der Waals surface area contributed by atoms with Gasteiger partial charge in [0.25, 0.3) is 0 Å². The summed E-state index contributed by atoms with van der Waals surface area (Å²) in [5, 5.41) is 3.35. The smallest absolute Gasteiger partial charge is 0.138 e. The molecule has 1 heterocycles. The van der Waals surface area contributed by atoms with Crippen LogP contribution in [0.25, 0.3) is 0 Å². The van der Waals surface area contributed by atoms with Gasteiger partial charge in [0.1, 0.15) is 17.5 Å². The van der Waals surface area contributed by atoms with Crippen molar-refractivity contribution in [3.8, 4) is 0 Å². The molecule has 0 aliphatic rings. The molecule has 0 unspecified atom stereocenters. The summed E-state index contributed by atoms with van der Waals surface area (Å²) in [6, 6.07) is 9.97. The highest BCUT2D eigenvalue weighted by Gasteiger charge is 2.18. The van der Waals surface area contributed by atoms with Gasteiger partial charge in [-0.25, -0.2) is 9.97 Å². The summed E-state index contributed by atoms with van der Waals surface area (Å²) >= 11 is 0. The second-order valence-electron chi connectivity index (χ2n) is 5.89. The third-order valence-electron chi connectivity index (χ3n) is 3.08. The van der Waals surface area contributed by atoms with Gasteiger partial charge in [0.15, 0.2) is 0 Å². The lowest BCUT2D eigenvalue weighted by molar-refractivity contribution is 0.547. The summed E-state index contributed by atoms with van der Waals surface area (Å²) in [7, 11) is 0. The van der Waals surface area contributed by atoms with E-state index in [1.807, 2.05) is 18.2 Å². The van der Waals surface area contributed by atoms with Crippen LogP contribution in [0.2, 0.25) is 0 Å². The molecule has 0 atom stereocenters. The normalized spacial score (nSPS) is 11.4. The number of nitrogens with one attached hydrogen (secondary N) is 1. The maximum absolute atomic E-state index is 5.89. The van der Waals surface area contributed by atoms with Crippen LogP contribution in [-0.4, -0.2) is 9.97 Å². The van der Waals surface area contributed by atoms with Crippen molar-refractivity contribution in [1.29, 1.82) is 0 Å². The van der Waals surface area contributed by atoms with E-state index >= 15 is 0 Å². The molecular formula is C16H22N4. The Hall–Kier alpha value is -2.10. The van der Waals surface area contributed by atoms with Gasteiger partial charge < -0.3 is 11.1 Å². The van der Waals surface area contributed by atoms with Crippen LogP contribution in [-0.2, 0) is 11.8 Å². The number of nitrogens with zero attached hydrogens (tertiary/aromatic N) is 2. The average molecular weight is 270 g/mol. The molecule has 0 bridgehead atoms. The average Bonchev–Trinajstić information content (AvgIpc) is 2.37. The molecule has 1 aromatic heterocycles. The van der Waals surface area contributed by atoms with E-state index in [1.54, 1.807) is 6.07 Å². The van der Waals surface area contributed by atoms with E-state index in [0.717, 1.165) is 23.8 Å². The van der Waals surface area contributed by atoms with Crippen molar-refractivity contribution in [2.45, 2.75) is 39.5 Å². The Morgan fingerprint density at radius 1 is 1.15 bits per heavy atom. The molecule has 2 rings (SSSR count). The Labute approximate surface area is 120 Å². The first-order valence-electron chi connectivity index (χ1n) is 6.90. The predicted octanol–water partition coefficient (Wildman–Crippen LogP) is 3.66. The number of aryl methyl sites for hydroxylation is 1. The summed E-state index contributed by atoms with van der Waals surface area (Å²) < 4.78 is 0. The van der Waals surface area contributed by atoms with Crippen molar-refractivity contribution < 1.29 is 0 Å². The number of nitrogens with two attached hydrogens (primary N) is 1. The lowest BCUT2D eigenvalue weighted by Gasteiger charge is -2.18. The molecule has 0 radical (unpaired) electrons. The van der Waals surface area contributed by atoms with Crippen molar-refractivity contribution in [1.82, 2.24) is 9.97 Å². The van der Waals surface area contributed by atoms with Crippen molar-refractivity contribution in [3.05, 3.63) is 41.7 Å². The Balaban J connectivity index is 2.36. The molecule has 0 aliphatic carbocycles. The van der Waals surface area contributed by atoms with Crippen molar-refractivity contribution in [3.63, 3.8) is 0 Å². The van der Waals surface area contributed by atoms with E-state index < -0.39 is 0 Å². The van der Waals surface area contributed by atoms with Crippen LogP contribution in [0.1, 0.15) is 39.1 Å². The highest BCUT2D eigenvalue weighted by molar-refractivity contribution is 5.62. The predicted molar refractivity (Wildman–Crippen MR) is 84.2 cm³/mol. The van der Waals surface area contributed by atoms with Gasteiger partial charge in [-0.15, -0.1) is 0 Å². The lowest BCUT2D eigenvalue weighted by Crippen LogP contribution is -2.17. The number of rotatable bonds is 3. The Morgan fingerprint density at radius 3 is 2.50 bits per heavy atom. The number of benzene rings is 1. The minimum Gasteiger partial charge on any atom is -0.384 e. The van der Waals surface area contributed by atoms with Gasteiger partial charge in [0, 0.05) is 17.2 Å². The van der Waals surface area contributed by atoms with Crippen molar-refractivity contribution in [2.75, 3.05) is 11.1 Å². The molecule has 3 N–H and O–H groups in total. The quantitative estimate of drug-likeness (QED) is 0.893. The lowest BCUT2D eigenvalue weighted by atomic mass is 9.96. The topological polar surface area (TPSA) is 63.8 Å². The summed E-state index contributed by atoms with van der Waals surface area (Å²) in [6.45, 7) is 8.36. The largest absolute Gasteiger partial charge is 0.384 e. The van der Waals surface area contributed by atoms with Gasteiger partial charge >= 0.3 is 0 Å². The molecule has 20 heavy (non-hydrogen) atoms. The zero-order valence-electron chi connectivity index (χ0n) is 12.6. The first-order valence-corrected chi connectivity index (χ1v) is 6.90. The third kappa shape index (κ3) is 3.26. The molecular weight excluding hydrogens is 248 g/mol. The Kier molecular flexibility index (Phi) is 3.93. The van der Waals surface area contributed by atoms with Crippen molar-refractivity contribution in [2.24, 2.45) is 0 Å². The summed E-state index contributed by atoms with van der Waals surface area (Å²) in [5.41, 5.74) is 8.08. The minimum absolute atomic E-state index is 0.129. The van der Waals surface area contributed by atoms with E-state index in [-0.39, 0.29) is 5.41 Å². The molecule has 0 saturated heterocycles. The van der Waals surface area contributed by atoms with Gasteiger partial charge in [-0.05, 0) is 18.1 Å². The summed E-state index contributed by atoms with van der Waals surface area (Å²) in [6.07, 6.45) is 0.968. The van der Waals surface area contributed by atoms with Crippen LogP contribution >= 0.6 is 0 Å². The SMILES string of the molecule is CCc1ccccc1Nc1cc(N)nc(C(C)(C)C)n1. The fourth-order valence-electron chi connectivity index (χ4n) is 1.95. The summed E-state index contributed by atoms with van der Waals surface area (Å²) in [4.78, 5) is 8.89. The Morgan fingerprint density at radius 2 is 1.85 bits per heavy atom. The van der Waals surface area contributed by atoms with Crippen LogP contribution in [0.3, 0.4) is 0 Å². The van der Waals surface area contributed by atoms with Gasteiger partial charge in [0.05, 0.1) is 0 Å². The van der Waals surface area contributed by atoms with Crippen LogP contribution < -0.4 is 11.1 Å². The molecule has 0 aliphatic heterocycles. The molecule has 0 spiro atoms. The van der Waals surface area contributed by atoms with Gasteiger partial charge in [-0.2, -0.15) is 0 Å². The molecule has 1 aromatic carbocycles. The van der Waals surface area contributed by atoms with E-state index in [2.05, 4.69) is 49.0 Å². The number of hydrogen-bond donors (Lipinski definition) is 2. The third-order valence-corrected chi connectivity index (χ3v) is 3.08. The monoisotopic (exact) mass is 270 g/mol. The number of hydrogen-bond acceptors (Lipinski definition) is 4. The number of anilines is 3. The summed E-state index contributed by atoms with van der Waals surface area (Å²) in [5.74, 6) is 1.97. The standard InChI is InChI=1S/C16H22N4/c1-5-11-8-6-7-9-12(11)18-14-10-13(17)19-15(20-14)16(2,3)4/h6-10H,5H2,1-4H3,(H3,17,18,19,20). The molecule has 4 nitrogen and oxygen atoms in total. The maximum atomic E-state index is 5.89. The first-order chi connectivity index (χ1) is 9.40. The number of aromatic nitrogens is 2. The molecule has 2 aromatic rings. The van der Waals surface area contributed by atoms with Crippen LogP contribution in [0.4, 0.5) is 17.3 Å². The van der Waals surface area contributed by atoms with Crippen LogP contribution in [0, 0.1) is 0 Å². The van der Waals surface area contributed by atoms with Crippen molar-refractivity contribution >= 4 is 17.3 Å². The minimum atomic E-state index is -0.129. The second kappa shape index (κ2) is 5.49. The van der Waals surface area contributed by atoms with Crippen LogP contribution in [0.15, 0.2) is 30.3 Å². The Bertz CT molecular complexity index is 600. The molecule has 0 saturated carbocycles. The van der Waals surface area contributed by atoms with Crippen LogP contribution in [0.5, 0.6) is 0 Å². The molecule has 4 heteroatoms. The highest BCUT2D eigenvalue weighted by Crippen LogP contribution is 2.24. The molecule has 0 fully saturated rings. The fraction of sp³-hybridized carbons (Fsp3) is 0.375. The van der Waals surface area contributed by atoms with E-state index in [1.165, 1.54) is 5.56 Å². The number of nitrogen functional groups attached to an aromatic ring is 1. The first kappa shape index (κ1) is 14.3. The second-order valence-corrected chi connectivity index (χ2v) is 5.89. The maximum Gasteiger partial charge on any atom is 0.138 e. The fourth-order valence-corrected chi connectivity index (χ4v) is 1.95. The number of para-hydroxylation sites is 1. The van der Waals surface area contributed by atoms with E-state index in [0.29, 0.717) is 5.82 Å². The van der Waals surface area contributed by atoms with Gasteiger partial charge in [-0.3, -0.25) is 0 Å². The molecule has 106 valence electrons. The molecule has 0 amide bonds. The zero-order chi connectivity index (χ0) is 14.8. The van der Waals surface area contributed by atoms with E-state index in [9.17, 15) is 0 Å². The van der Waals surface area contributed by atoms with E-state index in [4.69, 9.17) is 5.73 Å².